The first kappa shape index (κ1) is 23.8. The van der Waals surface area contributed by atoms with Crippen LogP contribution in [0, 0.1) is 0 Å². The molecule has 1 unspecified atom stereocenters. The van der Waals surface area contributed by atoms with Crippen molar-refractivity contribution in [2.45, 2.75) is 0 Å². The van der Waals surface area contributed by atoms with Gasteiger partial charge >= 0.3 is 0 Å². The normalized spacial score (nSPS) is 10.3. The summed E-state index contributed by atoms with van der Waals surface area (Å²) < 4.78 is 24.1. The Kier molecular flexibility index (Phi) is 34.6. The quantitative estimate of drug-likeness (QED) is 0.543. The summed E-state index contributed by atoms with van der Waals surface area (Å²) in [5.74, 6) is 0. The second-order valence-electron chi connectivity index (χ2n) is 2.90. The molecule has 0 aliphatic carbocycles. The Morgan fingerprint density at radius 1 is 1.00 bits per heavy atom. The van der Waals surface area contributed by atoms with Crippen LogP contribution < -0.4 is 0 Å². The maximum absolute atomic E-state index is 8.56. The number of hydrogen-bond donors (Lipinski definition) is 1. The van der Waals surface area contributed by atoms with Crippen molar-refractivity contribution in [3.05, 3.63) is 0 Å². The highest BCUT2D eigenvalue weighted by atomic mass is 35.5. The minimum absolute atomic E-state index is 0. The molecule has 0 amide bonds. The second kappa shape index (κ2) is 18.9. The largest absolute Gasteiger partial charge is 0.750 e. The van der Waals surface area contributed by atoms with E-state index in [1.54, 1.807) is 0 Å². The molecule has 0 saturated carbocycles. The van der Waals surface area contributed by atoms with Crippen molar-refractivity contribution in [3.8, 4) is 0 Å². The molecule has 13 heavy (non-hydrogen) atoms. The molecular formula is C6H20ClO3P2S-. The van der Waals surface area contributed by atoms with E-state index in [-0.39, 0.29) is 12.4 Å². The topological polar surface area (TPSA) is 60.4 Å². The van der Waals surface area contributed by atoms with E-state index in [0.29, 0.717) is 15.8 Å². The molecule has 3 nitrogen and oxygen atoms in total. The van der Waals surface area contributed by atoms with Gasteiger partial charge in [-0.2, -0.15) is 0 Å². The van der Waals surface area contributed by atoms with Crippen LogP contribution in [0.25, 0.3) is 0 Å². The fourth-order valence-electron chi connectivity index (χ4n) is 0. The molecule has 86 valence electrons. The van der Waals surface area contributed by atoms with Crippen LogP contribution in [0.4, 0.5) is 0 Å². The molecule has 0 aromatic rings. The molecule has 0 aromatic heterocycles. The average Bonchev–Trinajstić information content (AvgIpc) is 1.54. The first-order chi connectivity index (χ1) is 5.20. The Labute approximate surface area is 93.1 Å². The Bertz CT molecular complexity index is 88.4. The molecule has 0 aromatic carbocycles. The van der Waals surface area contributed by atoms with Crippen LogP contribution in [0.3, 0.4) is 0 Å². The summed E-state index contributed by atoms with van der Waals surface area (Å²) in [7, 11) is 0.759. The molecule has 0 aliphatic rings. The molecule has 7 heteroatoms. The van der Waals surface area contributed by atoms with Gasteiger partial charge < -0.3 is 9.11 Å². The van der Waals surface area contributed by atoms with Gasteiger partial charge in [-0.05, 0) is 40.0 Å². The van der Waals surface area contributed by atoms with E-state index >= 15 is 0 Å². The summed E-state index contributed by atoms with van der Waals surface area (Å²) in [6, 6.07) is 0. The summed E-state index contributed by atoms with van der Waals surface area (Å²) in [4.78, 5) is 0. The van der Waals surface area contributed by atoms with Crippen LogP contribution in [0.1, 0.15) is 0 Å². The lowest BCUT2D eigenvalue weighted by Crippen LogP contribution is -1.75. The lowest BCUT2D eigenvalue weighted by Gasteiger charge is -1.83. The van der Waals surface area contributed by atoms with Crippen LogP contribution >= 0.6 is 28.3 Å². The molecule has 0 radical (unpaired) electrons. The van der Waals surface area contributed by atoms with E-state index in [0.717, 1.165) is 0 Å². The predicted molar refractivity (Wildman–Crippen MR) is 68.2 cm³/mol. The third-order valence-electron chi connectivity index (χ3n) is 0. The maximum Gasteiger partial charge on any atom is 0.0814 e. The van der Waals surface area contributed by atoms with Gasteiger partial charge in [0.2, 0.25) is 0 Å². The lowest BCUT2D eigenvalue weighted by atomic mass is 11.9. The number of halogens is 1. The van der Waals surface area contributed by atoms with Gasteiger partial charge in [-0.3, -0.25) is 0 Å². The van der Waals surface area contributed by atoms with Crippen molar-refractivity contribution in [2.24, 2.45) is 0 Å². The molecule has 0 rings (SSSR count). The van der Waals surface area contributed by atoms with E-state index in [1.165, 1.54) is 0 Å². The van der Waals surface area contributed by atoms with Crippen LogP contribution in [0.2, 0.25) is 0 Å². The fraction of sp³-hybridized carbons (Fsp3) is 1.00. The predicted octanol–water partition coefficient (Wildman–Crippen LogP) is 2.48. The van der Waals surface area contributed by atoms with Crippen molar-refractivity contribution in [1.82, 2.24) is 0 Å². The Morgan fingerprint density at radius 2 is 1.00 bits per heavy atom. The Morgan fingerprint density at radius 3 is 1.00 bits per heavy atom. The van der Waals surface area contributed by atoms with E-state index in [1.807, 2.05) is 0 Å². The van der Waals surface area contributed by atoms with Gasteiger partial charge in [-0.25, -0.2) is 4.21 Å². The molecule has 0 heterocycles. The van der Waals surface area contributed by atoms with Crippen molar-refractivity contribution < 1.29 is 13.3 Å². The number of hydrogen-bond acceptors (Lipinski definition) is 2. The Balaban J connectivity index is -0.0000000450. The first-order valence-corrected chi connectivity index (χ1v) is 9.60. The van der Waals surface area contributed by atoms with Crippen LogP contribution in [0.5, 0.6) is 0 Å². The van der Waals surface area contributed by atoms with E-state index in [2.05, 4.69) is 40.0 Å². The van der Waals surface area contributed by atoms with Gasteiger partial charge in [-0.1, -0.05) is 0 Å². The fourth-order valence-corrected chi connectivity index (χ4v) is 0. The SMILES string of the molecule is CP(C)C.CP(C)C.Cl.O=S([O-])O. The van der Waals surface area contributed by atoms with Crippen LogP contribution in [0.15, 0.2) is 0 Å². The standard InChI is InChI=1S/2C3H9P.ClH.H2O3S/c2*1-4(2)3;;1-4(2)3/h2*1-3H3;1H;(H2,1,2,3)/p-1. The highest BCUT2D eigenvalue weighted by Crippen LogP contribution is 2.14. The zero-order chi connectivity index (χ0) is 10.7. The van der Waals surface area contributed by atoms with E-state index < -0.39 is 11.4 Å². The van der Waals surface area contributed by atoms with Crippen LogP contribution in [-0.4, -0.2) is 53.3 Å². The zero-order valence-electron chi connectivity index (χ0n) is 8.97. The van der Waals surface area contributed by atoms with Gasteiger partial charge in [0.25, 0.3) is 0 Å². The monoisotopic (exact) mass is 269 g/mol. The molecule has 1 N–H and O–H groups in total. The van der Waals surface area contributed by atoms with Crippen molar-refractivity contribution >= 4 is 39.6 Å². The number of rotatable bonds is 0. The summed E-state index contributed by atoms with van der Waals surface area (Å²) >= 11 is -2.86. The smallest absolute Gasteiger partial charge is 0.0814 e. The molecule has 0 bridgehead atoms. The third-order valence-corrected chi connectivity index (χ3v) is 0. The average molecular weight is 270 g/mol. The summed E-state index contributed by atoms with van der Waals surface area (Å²) in [6.07, 6.45) is 0. The summed E-state index contributed by atoms with van der Waals surface area (Å²) in [5.41, 5.74) is 0. The summed E-state index contributed by atoms with van der Waals surface area (Å²) in [5, 5.41) is 0. The molecule has 1 atom stereocenters. The first-order valence-electron chi connectivity index (χ1n) is 3.20. The van der Waals surface area contributed by atoms with Crippen molar-refractivity contribution in [2.75, 3.05) is 40.0 Å². The lowest BCUT2D eigenvalue weighted by molar-refractivity contribution is 0.436. The minimum atomic E-state index is -2.86. The summed E-state index contributed by atoms with van der Waals surface area (Å²) in [6.45, 7) is 13.4. The molecule has 0 saturated heterocycles. The zero-order valence-corrected chi connectivity index (χ0v) is 12.4. The second-order valence-corrected chi connectivity index (χ2v) is 8.70. The van der Waals surface area contributed by atoms with Gasteiger partial charge in [0.1, 0.15) is 0 Å². The van der Waals surface area contributed by atoms with E-state index in [4.69, 9.17) is 13.3 Å². The molecule has 0 fully saturated rings. The maximum atomic E-state index is 8.56. The van der Waals surface area contributed by atoms with Gasteiger partial charge in [0, 0.05) is 0 Å². The van der Waals surface area contributed by atoms with Crippen molar-refractivity contribution in [3.63, 3.8) is 0 Å². The highest BCUT2D eigenvalue weighted by molar-refractivity contribution is 7.73. The van der Waals surface area contributed by atoms with E-state index in [9.17, 15) is 0 Å². The van der Waals surface area contributed by atoms with Crippen molar-refractivity contribution in [1.29, 1.82) is 0 Å². The van der Waals surface area contributed by atoms with Gasteiger partial charge in [-0.15, -0.1) is 28.3 Å². The highest BCUT2D eigenvalue weighted by Gasteiger charge is 1.66. The molecule has 0 spiro atoms. The minimum Gasteiger partial charge on any atom is -0.750 e. The van der Waals surface area contributed by atoms with Gasteiger partial charge in [0.15, 0.2) is 0 Å². The third kappa shape index (κ3) is 1120. The van der Waals surface area contributed by atoms with Gasteiger partial charge in [0.05, 0.1) is 11.4 Å². The Hall–Kier alpha value is 1.22. The molecular weight excluding hydrogens is 250 g/mol. The molecule has 0 aliphatic heterocycles. The van der Waals surface area contributed by atoms with Crippen LogP contribution in [-0.2, 0) is 11.4 Å².